The van der Waals surface area contributed by atoms with Gasteiger partial charge >= 0.3 is 0 Å². The van der Waals surface area contributed by atoms with Gasteiger partial charge in [0.05, 0.1) is 16.3 Å². The van der Waals surface area contributed by atoms with E-state index in [9.17, 15) is 19.7 Å². The highest BCUT2D eigenvalue weighted by molar-refractivity contribution is 7.98. The number of aryl methyl sites for hydroxylation is 2. The summed E-state index contributed by atoms with van der Waals surface area (Å²) in [5.41, 5.74) is 2.05. The van der Waals surface area contributed by atoms with Gasteiger partial charge in [-0.15, -0.1) is 0 Å². The Morgan fingerprint density at radius 3 is 2.60 bits per heavy atom. The van der Waals surface area contributed by atoms with E-state index < -0.39 is 4.92 Å². The molecule has 0 fully saturated rings. The largest absolute Gasteiger partial charge is 0.311 e. The molecule has 0 aliphatic heterocycles. The first-order valence-corrected chi connectivity index (χ1v) is 10.3. The van der Waals surface area contributed by atoms with Crippen molar-refractivity contribution < 1.29 is 9.72 Å². The number of carbonyl (C=O) groups excluding carboxylic acids is 1. The lowest BCUT2D eigenvalue weighted by Crippen LogP contribution is -2.21. The first kappa shape index (κ1) is 21.2. The van der Waals surface area contributed by atoms with Crippen LogP contribution < -0.4 is 10.9 Å². The molecule has 0 saturated heterocycles. The Labute approximate surface area is 175 Å². The van der Waals surface area contributed by atoms with Gasteiger partial charge in [-0.2, -0.15) is 5.10 Å². The zero-order valence-electron chi connectivity index (χ0n) is 16.6. The summed E-state index contributed by atoms with van der Waals surface area (Å²) >= 11 is 1.34. The van der Waals surface area contributed by atoms with Crippen LogP contribution in [-0.4, -0.2) is 36.8 Å². The number of nitro groups is 1. The Bertz CT molecular complexity index is 1150. The highest BCUT2D eigenvalue weighted by atomic mass is 32.2. The van der Waals surface area contributed by atoms with E-state index >= 15 is 0 Å². The molecule has 1 aromatic carbocycles. The number of aromatic nitrogens is 4. The highest BCUT2D eigenvalue weighted by Gasteiger charge is 2.14. The topological polar surface area (TPSA) is 136 Å². The number of nitro benzene ring substituents is 1. The maximum atomic E-state index is 12.5. The monoisotopic (exact) mass is 428 g/mol. The molecular formula is C19H20N6O4S. The maximum absolute atomic E-state index is 12.5. The molecule has 0 unspecified atom stereocenters. The minimum absolute atomic E-state index is 0.0325. The Morgan fingerprint density at radius 2 is 2.00 bits per heavy atom. The lowest BCUT2D eigenvalue weighted by atomic mass is 10.1. The van der Waals surface area contributed by atoms with E-state index in [-0.39, 0.29) is 30.0 Å². The number of nitrogens with zero attached hydrogens (tertiary/aromatic N) is 4. The number of anilines is 1. The lowest BCUT2D eigenvalue weighted by Gasteiger charge is -2.09. The molecule has 30 heavy (non-hydrogen) atoms. The van der Waals surface area contributed by atoms with Gasteiger partial charge in [0.2, 0.25) is 5.91 Å². The van der Waals surface area contributed by atoms with Crippen LogP contribution in [0.15, 0.2) is 40.3 Å². The van der Waals surface area contributed by atoms with Crippen molar-refractivity contribution in [2.75, 3.05) is 11.6 Å². The SMILES string of the molecule is CSc1nc(C)c(CCC(=O)Nc2cc(C)nn2-c2ccc([N+](=O)[O-])cc2)c(=O)[nH]1. The fourth-order valence-electron chi connectivity index (χ4n) is 2.92. The molecule has 0 bridgehead atoms. The Kier molecular flexibility index (Phi) is 6.31. The Morgan fingerprint density at radius 1 is 1.30 bits per heavy atom. The minimum Gasteiger partial charge on any atom is -0.311 e. The number of nitrogens with one attached hydrogen (secondary N) is 2. The number of rotatable bonds is 7. The van der Waals surface area contributed by atoms with Crippen molar-refractivity contribution in [3.63, 3.8) is 0 Å². The Hall–Kier alpha value is -3.47. The lowest BCUT2D eigenvalue weighted by molar-refractivity contribution is -0.384. The number of thioether (sulfide) groups is 1. The summed E-state index contributed by atoms with van der Waals surface area (Å²) < 4.78 is 1.50. The second-order valence-electron chi connectivity index (χ2n) is 6.54. The number of benzene rings is 1. The van der Waals surface area contributed by atoms with Crippen molar-refractivity contribution in [2.24, 2.45) is 0 Å². The number of H-pyrrole nitrogens is 1. The van der Waals surface area contributed by atoms with Gasteiger partial charge in [0.1, 0.15) is 5.82 Å². The predicted molar refractivity (Wildman–Crippen MR) is 113 cm³/mol. The first-order valence-electron chi connectivity index (χ1n) is 9.03. The van der Waals surface area contributed by atoms with Crippen LogP contribution in [0.1, 0.15) is 23.4 Å². The second kappa shape index (κ2) is 8.91. The van der Waals surface area contributed by atoms with Crippen molar-refractivity contribution in [2.45, 2.75) is 31.8 Å². The normalized spacial score (nSPS) is 10.8. The molecule has 0 atom stereocenters. The number of carbonyl (C=O) groups is 1. The second-order valence-corrected chi connectivity index (χ2v) is 7.34. The van der Waals surface area contributed by atoms with Crippen molar-refractivity contribution in [1.82, 2.24) is 19.7 Å². The van der Waals surface area contributed by atoms with E-state index in [1.807, 2.05) is 6.26 Å². The molecule has 2 aromatic heterocycles. The van der Waals surface area contributed by atoms with Gasteiger partial charge in [-0.1, -0.05) is 11.8 Å². The molecule has 3 aromatic rings. The molecule has 0 radical (unpaired) electrons. The van der Waals surface area contributed by atoms with Crippen LogP contribution in [0.5, 0.6) is 0 Å². The zero-order valence-corrected chi connectivity index (χ0v) is 17.4. The third-order valence-electron chi connectivity index (χ3n) is 4.40. The fourth-order valence-corrected chi connectivity index (χ4v) is 3.34. The number of amides is 1. The molecule has 3 rings (SSSR count). The van der Waals surface area contributed by atoms with Crippen LogP contribution in [0.2, 0.25) is 0 Å². The third-order valence-corrected chi connectivity index (χ3v) is 4.98. The molecule has 0 saturated carbocycles. The van der Waals surface area contributed by atoms with Crippen LogP contribution in [0.4, 0.5) is 11.5 Å². The highest BCUT2D eigenvalue weighted by Crippen LogP contribution is 2.20. The van der Waals surface area contributed by atoms with Gasteiger partial charge in [-0.25, -0.2) is 9.67 Å². The average Bonchev–Trinajstić information content (AvgIpc) is 3.07. The predicted octanol–water partition coefficient (Wildman–Crippen LogP) is 2.77. The molecule has 2 heterocycles. The molecular weight excluding hydrogens is 408 g/mol. The van der Waals surface area contributed by atoms with E-state index in [0.29, 0.717) is 33.6 Å². The Balaban J connectivity index is 1.74. The number of hydrogen-bond donors (Lipinski definition) is 2. The quantitative estimate of drug-likeness (QED) is 0.256. The van der Waals surface area contributed by atoms with Gasteiger partial charge in [-0.3, -0.25) is 19.7 Å². The molecule has 0 spiro atoms. The smallest absolute Gasteiger partial charge is 0.269 e. The standard InChI is InChI=1S/C19H20N6O4S/c1-11-10-16(24(23-11)13-4-6-14(7-5-13)25(28)29)21-17(26)9-8-15-12(2)20-19(30-3)22-18(15)27/h4-7,10H,8-9H2,1-3H3,(H,21,26)(H,20,22,27). The molecule has 0 aliphatic carbocycles. The van der Waals surface area contributed by atoms with Crippen LogP contribution in [0.3, 0.4) is 0 Å². The summed E-state index contributed by atoms with van der Waals surface area (Å²) in [4.78, 5) is 42.0. The van der Waals surface area contributed by atoms with Crippen molar-refractivity contribution in [3.05, 3.63) is 67.8 Å². The van der Waals surface area contributed by atoms with E-state index in [0.717, 1.165) is 0 Å². The molecule has 10 nitrogen and oxygen atoms in total. The van der Waals surface area contributed by atoms with Crippen molar-refractivity contribution in [3.8, 4) is 5.69 Å². The average molecular weight is 428 g/mol. The minimum atomic E-state index is -0.481. The molecule has 156 valence electrons. The zero-order chi connectivity index (χ0) is 21.8. The van der Waals surface area contributed by atoms with Gasteiger partial charge < -0.3 is 10.3 Å². The third kappa shape index (κ3) is 4.74. The van der Waals surface area contributed by atoms with Gasteiger partial charge in [0.15, 0.2) is 5.16 Å². The summed E-state index contributed by atoms with van der Waals surface area (Å²) in [6.07, 6.45) is 2.16. The van der Waals surface area contributed by atoms with Crippen LogP contribution in [0, 0.1) is 24.0 Å². The maximum Gasteiger partial charge on any atom is 0.269 e. The number of aromatic amines is 1. The number of hydrogen-bond acceptors (Lipinski definition) is 7. The van der Waals surface area contributed by atoms with E-state index in [1.165, 1.54) is 28.6 Å². The summed E-state index contributed by atoms with van der Waals surface area (Å²) in [5, 5.41) is 18.5. The molecule has 1 amide bonds. The first-order chi connectivity index (χ1) is 14.3. The van der Waals surface area contributed by atoms with E-state index in [4.69, 9.17) is 0 Å². The van der Waals surface area contributed by atoms with Crippen LogP contribution >= 0.6 is 11.8 Å². The van der Waals surface area contributed by atoms with Crippen molar-refractivity contribution in [1.29, 1.82) is 0 Å². The fraction of sp³-hybridized carbons (Fsp3) is 0.263. The summed E-state index contributed by atoms with van der Waals surface area (Å²) in [7, 11) is 0. The molecule has 2 N–H and O–H groups in total. The van der Waals surface area contributed by atoms with Gasteiger partial charge in [-0.05, 0) is 38.7 Å². The summed E-state index contributed by atoms with van der Waals surface area (Å²) in [5.74, 6) is 0.152. The van der Waals surface area contributed by atoms with E-state index in [1.54, 1.807) is 32.0 Å². The number of non-ortho nitro benzene ring substituents is 1. The molecule has 11 heteroatoms. The van der Waals surface area contributed by atoms with Crippen LogP contribution in [0.25, 0.3) is 5.69 Å². The van der Waals surface area contributed by atoms with E-state index in [2.05, 4.69) is 20.4 Å². The summed E-state index contributed by atoms with van der Waals surface area (Å²) in [6.45, 7) is 3.52. The molecule has 0 aliphatic rings. The van der Waals surface area contributed by atoms with Crippen molar-refractivity contribution >= 4 is 29.2 Å². The summed E-state index contributed by atoms with van der Waals surface area (Å²) in [6, 6.07) is 7.56. The van der Waals surface area contributed by atoms with Gasteiger partial charge in [0, 0.05) is 35.9 Å². The van der Waals surface area contributed by atoms with Gasteiger partial charge in [0.25, 0.3) is 11.2 Å². The van der Waals surface area contributed by atoms with Crippen LogP contribution in [-0.2, 0) is 11.2 Å².